The summed E-state index contributed by atoms with van der Waals surface area (Å²) in [4.78, 5) is 34.6. The van der Waals surface area contributed by atoms with Crippen LogP contribution in [0.15, 0.2) is 24.3 Å². The second kappa shape index (κ2) is 6.39. The number of rotatable bonds is 4. The highest BCUT2D eigenvalue weighted by molar-refractivity contribution is 5.97. The summed E-state index contributed by atoms with van der Waals surface area (Å²) in [5.41, 5.74) is 1.33. The Balaban J connectivity index is 1.91. The van der Waals surface area contributed by atoms with Crippen LogP contribution in [-0.2, 0) is 14.4 Å². The summed E-state index contributed by atoms with van der Waals surface area (Å²) >= 11 is 0. The highest BCUT2D eigenvalue weighted by Gasteiger charge is 2.27. The molecule has 0 aliphatic carbocycles. The maximum atomic E-state index is 11.9. The Morgan fingerprint density at radius 2 is 1.71 bits per heavy atom. The van der Waals surface area contributed by atoms with Crippen LogP contribution in [0.2, 0.25) is 0 Å². The van der Waals surface area contributed by atoms with Gasteiger partial charge in [0.25, 0.3) is 0 Å². The van der Waals surface area contributed by atoms with E-state index >= 15 is 0 Å². The van der Waals surface area contributed by atoms with Gasteiger partial charge in [-0.15, -0.1) is 0 Å². The summed E-state index contributed by atoms with van der Waals surface area (Å²) < 4.78 is 0. The van der Waals surface area contributed by atoms with Crippen molar-refractivity contribution in [2.75, 3.05) is 17.2 Å². The van der Waals surface area contributed by atoms with Gasteiger partial charge >= 0.3 is 0 Å². The Morgan fingerprint density at radius 1 is 1.14 bits per heavy atom. The van der Waals surface area contributed by atoms with Crippen LogP contribution >= 0.6 is 0 Å². The standard InChI is InChI=1S/C15H19N3O3/c1-9(2)14(20)17-11-3-5-12(6-4-11)18-15(21)10-7-13(19)16-8-10/h3-6,9-10H,7-8H2,1-2H3,(H,16,19)(H,17,20)(H,18,21). The van der Waals surface area contributed by atoms with Gasteiger partial charge in [0, 0.05) is 30.3 Å². The van der Waals surface area contributed by atoms with Crippen LogP contribution in [0.3, 0.4) is 0 Å². The van der Waals surface area contributed by atoms with Gasteiger partial charge in [0.15, 0.2) is 0 Å². The topological polar surface area (TPSA) is 87.3 Å². The zero-order chi connectivity index (χ0) is 15.4. The first kappa shape index (κ1) is 15.0. The van der Waals surface area contributed by atoms with E-state index in [0.717, 1.165) is 0 Å². The van der Waals surface area contributed by atoms with Crippen LogP contribution in [0.5, 0.6) is 0 Å². The fraction of sp³-hybridized carbons (Fsp3) is 0.400. The summed E-state index contributed by atoms with van der Waals surface area (Å²) in [5.74, 6) is -0.730. The van der Waals surface area contributed by atoms with Gasteiger partial charge < -0.3 is 16.0 Å². The summed E-state index contributed by atoms with van der Waals surface area (Å²) in [6, 6.07) is 6.90. The Morgan fingerprint density at radius 3 is 2.19 bits per heavy atom. The Labute approximate surface area is 123 Å². The van der Waals surface area contributed by atoms with Crippen molar-refractivity contribution < 1.29 is 14.4 Å². The van der Waals surface area contributed by atoms with Crippen molar-refractivity contribution in [3.8, 4) is 0 Å². The fourth-order valence-corrected chi connectivity index (χ4v) is 1.96. The first-order chi connectivity index (χ1) is 9.95. The van der Waals surface area contributed by atoms with Crippen LogP contribution in [-0.4, -0.2) is 24.3 Å². The third-order valence-corrected chi connectivity index (χ3v) is 3.29. The third-order valence-electron chi connectivity index (χ3n) is 3.29. The van der Waals surface area contributed by atoms with Gasteiger partial charge in [-0.25, -0.2) is 0 Å². The van der Waals surface area contributed by atoms with Crippen molar-refractivity contribution in [2.45, 2.75) is 20.3 Å². The van der Waals surface area contributed by atoms with E-state index in [1.165, 1.54) is 0 Å². The van der Waals surface area contributed by atoms with E-state index < -0.39 is 0 Å². The molecule has 1 unspecified atom stereocenters. The van der Waals surface area contributed by atoms with Gasteiger partial charge in [0.05, 0.1) is 5.92 Å². The zero-order valence-electron chi connectivity index (χ0n) is 12.1. The van der Waals surface area contributed by atoms with Crippen molar-refractivity contribution in [3.63, 3.8) is 0 Å². The Hall–Kier alpha value is -2.37. The van der Waals surface area contributed by atoms with Gasteiger partial charge in [-0.1, -0.05) is 13.8 Å². The van der Waals surface area contributed by atoms with Crippen LogP contribution in [0.4, 0.5) is 11.4 Å². The van der Waals surface area contributed by atoms with Crippen LogP contribution in [0.1, 0.15) is 20.3 Å². The van der Waals surface area contributed by atoms with Crippen LogP contribution in [0, 0.1) is 11.8 Å². The van der Waals surface area contributed by atoms with E-state index in [1.807, 2.05) is 13.8 Å². The average molecular weight is 289 g/mol. The highest BCUT2D eigenvalue weighted by Crippen LogP contribution is 2.17. The number of carbonyl (C=O) groups excluding carboxylic acids is 3. The second-order valence-electron chi connectivity index (χ2n) is 5.42. The number of carbonyl (C=O) groups is 3. The fourth-order valence-electron chi connectivity index (χ4n) is 1.96. The molecule has 1 saturated heterocycles. The molecule has 1 aromatic carbocycles. The lowest BCUT2D eigenvalue weighted by atomic mass is 10.1. The number of nitrogens with one attached hydrogen (secondary N) is 3. The van der Waals surface area contributed by atoms with E-state index in [2.05, 4.69) is 16.0 Å². The molecule has 1 fully saturated rings. The molecular weight excluding hydrogens is 270 g/mol. The van der Waals surface area contributed by atoms with Gasteiger partial charge in [0.2, 0.25) is 17.7 Å². The number of benzene rings is 1. The maximum Gasteiger partial charge on any atom is 0.229 e. The molecule has 1 aliphatic heterocycles. The van der Waals surface area contributed by atoms with Crippen molar-refractivity contribution in [3.05, 3.63) is 24.3 Å². The number of anilines is 2. The zero-order valence-corrected chi connectivity index (χ0v) is 12.1. The van der Waals surface area contributed by atoms with Crippen molar-refractivity contribution in [2.24, 2.45) is 11.8 Å². The molecule has 0 bridgehead atoms. The monoisotopic (exact) mass is 289 g/mol. The van der Waals surface area contributed by atoms with Crippen LogP contribution < -0.4 is 16.0 Å². The molecule has 0 spiro atoms. The van der Waals surface area contributed by atoms with Crippen LogP contribution in [0.25, 0.3) is 0 Å². The van der Waals surface area contributed by atoms with Gasteiger partial charge in [-0.05, 0) is 24.3 Å². The SMILES string of the molecule is CC(C)C(=O)Nc1ccc(NC(=O)C2CNC(=O)C2)cc1. The maximum absolute atomic E-state index is 11.9. The Kier molecular flexibility index (Phi) is 4.57. The molecule has 6 heteroatoms. The molecule has 3 amide bonds. The smallest absolute Gasteiger partial charge is 0.229 e. The molecule has 1 heterocycles. The summed E-state index contributed by atoms with van der Waals surface area (Å²) in [5, 5.41) is 8.17. The van der Waals surface area contributed by atoms with E-state index in [0.29, 0.717) is 17.9 Å². The lowest BCUT2D eigenvalue weighted by Gasteiger charge is -2.11. The molecule has 6 nitrogen and oxygen atoms in total. The van der Waals surface area contributed by atoms with Crippen molar-refractivity contribution in [1.29, 1.82) is 0 Å². The molecule has 1 atom stereocenters. The van der Waals surface area contributed by atoms with E-state index in [-0.39, 0.29) is 36.0 Å². The Bertz CT molecular complexity index is 552. The molecule has 0 radical (unpaired) electrons. The molecular formula is C15H19N3O3. The minimum atomic E-state index is -0.321. The number of hydrogen-bond acceptors (Lipinski definition) is 3. The normalized spacial score (nSPS) is 17.5. The molecule has 0 saturated carbocycles. The molecule has 21 heavy (non-hydrogen) atoms. The van der Waals surface area contributed by atoms with Crippen molar-refractivity contribution in [1.82, 2.24) is 5.32 Å². The second-order valence-corrected chi connectivity index (χ2v) is 5.42. The average Bonchev–Trinajstić information content (AvgIpc) is 2.87. The van der Waals surface area contributed by atoms with E-state index in [9.17, 15) is 14.4 Å². The minimum Gasteiger partial charge on any atom is -0.355 e. The first-order valence-corrected chi connectivity index (χ1v) is 6.94. The molecule has 2 rings (SSSR count). The molecule has 112 valence electrons. The predicted octanol–water partition coefficient (Wildman–Crippen LogP) is 1.36. The molecule has 1 aliphatic rings. The van der Waals surface area contributed by atoms with Crippen molar-refractivity contribution >= 4 is 29.1 Å². The van der Waals surface area contributed by atoms with Gasteiger partial charge in [0.1, 0.15) is 0 Å². The predicted molar refractivity (Wildman–Crippen MR) is 79.7 cm³/mol. The van der Waals surface area contributed by atoms with Gasteiger partial charge in [-0.3, -0.25) is 14.4 Å². The van der Waals surface area contributed by atoms with E-state index in [4.69, 9.17) is 0 Å². The largest absolute Gasteiger partial charge is 0.355 e. The number of hydrogen-bond donors (Lipinski definition) is 3. The summed E-state index contributed by atoms with van der Waals surface area (Å²) in [6.07, 6.45) is 0.231. The lowest BCUT2D eigenvalue weighted by Crippen LogP contribution is -2.24. The highest BCUT2D eigenvalue weighted by atomic mass is 16.2. The first-order valence-electron chi connectivity index (χ1n) is 6.94. The van der Waals surface area contributed by atoms with Gasteiger partial charge in [-0.2, -0.15) is 0 Å². The number of amides is 3. The lowest BCUT2D eigenvalue weighted by molar-refractivity contribution is -0.123. The van der Waals surface area contributed by atoms with E-state index in [1.54, 1.807) is 24.3 Å². The molecule has 3 N–H and O–H groups in total. The molecule has 0 aromatic heterocycles. The summed E-state index contributed by atoms with van der Waals surface area (Å²) in [7, 11) is 0. The third kappa shape index (κ3) is 4.05. The minimum absolute atomic E-state index is 0.0534. The molecule has 1 aromatic rings. The summed E-state index contributed by atoms with van der Waals surface area (Å²) in [6.45, 7) is 4.02. The quantitative estimate of drug-likeness (QED) is 0.782.